The maximum Gasteiger partial charge on any atom is 0.230 e. The van der Waals surface area contributed by atoms with Crippen molar-refractivity contribution >= 4 is 22.6 Å². The highest BCUT2D eigenvalue weighted by molar-refractivity contribution is 14.1. The van der Waals surface area contributed by atoms with Crippen molar-refractivity contribution in [1.82, 2.24) is 0 Å². The molecule has 0 heterocycles. The van der Waals surface area contributed by atoms with Gasteiger partial charge in [-0.3, -0.25) is 0 Å². The third-order valence-corrected chi connectivity index (χ3v) is 2.09. The molecule has 1 aromatic carbocycles. The van der Waals surface area contributed by atoms with Crippen LogP contribution in [-0.2, 0) is 5.85 Å². The van der Waals surface area contributed by atoms with Gasteiger partial charge in [0.15, 0.2) is 0 Å². The fourth-order valence-electron chi connectivity index (χ4n) is 0.754. The summed E-state index contributed by atoms with van der Waals surface area (Å²) in [6.45, 7) is 1.12. The molecule has 0 aliphatic carbocycles. The van der Waals surface area contributed by atoms with Crippen LogP contribution in [0.2, 0.25) is 0 Å². The maximum absolute atomic E-state index is 12.8. The van der Waals surface area contributed by atoms with Gasteiger partial charge >= 0.3 is 0 Å². The van der Waals surface area contributed by atoms with Gasteiger partial charge in [0.1, 0.15) is 0 Å². The molecule has 1 unspecified atom stereocenters. The Morgan fingerprint density at radius 3 is 2.18 bits per heavy atom. The predicted molar refractivity (Wildman–Crippen MR) is 49.8 cm³/mol. The molecular weight excluding hydrogens is 258 g/mol. The highest BCUT2D eigenvalue weighted by atomic mass is 127. The van der Waals surface area contributed by atoms with Crippen molar-refractivity contribution in [2.45, 2.75) is 12.8 Å². The Kier molecular flexibility index (Phi) is 2.49. The Hall–Kier alpha value is -0.160. The predicted octanol–water partition coefficient (Wildman–Crippen LogP) is 2.43. The molecule has 0 aliphatic rings. The van der Waals surface area contributed by atoms with Gasteiger partial charge in [0.05, 0.1) is 0 Å². The SMILES string of the molecule is CC(O)(F)c1ccc(I)cc1. The van der Waals surface area contributed by atoms with Crippen LogP contribution in [0, 0.1) is 3.57 Å². The van der Waals surface area contributed by atoms with Crippen molar-refractivity contribution < 1.29 is 9.50 Å². The van der Waals surface area contributed by atoms with E-state index in [1.165, 1.54) is 0 Å². The summed E-state index contributed by atoms with van der Waals surface area (Å²) in [5, 5.41) is 8.91. The lowest BCUT2D eigenvalue weighted by atomic mass is 10.1. The van der Waals surface area contributed by atoms with Crippen LogP contribution in [0.5, 0.6) is 0 Å². The minimum absolute atomic E-state index is 0.290. The zero-order valence-corrected chi connectivity index (χ0v) is 8.17. The molecule has 0 aliphatic heterocycles. The monoisotopic (exact) mass is 266 g/mol. The summed E-state index contributed by atoms with van der Waals surface area (Å²) in [4.78, 5) is 0. The van der Waals surface area contributed by atoms with E-state index in [1.54, 1.807) is 24.3 Å². The first kappa shape index (κ1) is 8.93. The second-order valence-electron chi connectivity index (χ2n) is 2.46. The molecule has 11 heavy (non-hydrogen) atoms. The first-order valence-electron chi connectivity index (χ1n) is 3.17. The molecule has 0 fully saturated rings. The lowest BCUT2D eigenvalue weighted by molar-refractivity contribution is -0.0769. The molecule has 0 aromatic heterocycles. The second-order valence-corrected chi connectivity index (χ2v) is 3.71. The number of alkyl halides is 1. The van der Waals surface area contributed by atoms with E-state index in [2.05, 4.69) is 22.6 Å². The number of benzene rings is 1. The van der Waals surface area contributed by atoms with Crippen molar-refractivity contribution in [2.75, 3.05) is 0 Å². The smallest absolute Gasteiger partial charge is 0.230 e. The largest absolute Gasteiger partial charge is 0.358 e. The lowest BCUT2D eigenvalue weighted by Crippen LogP contribution is -2.12. The molecule has 3 heteroatoms. The van der Waals surface area contributed by atoms with E-state index in [0.29, 0.717) is 0 Å². The topological polar surface area (TPSA) is 20.2 Å². The summed E-state index contributed by atoms with van der Waals surface area (Å²) < 4.78 is 13.8. The molecule has 0 amide bonds. The highest BCUT2D eigenvalue weighted by Crippen LogP contribution is 2.21. The molecule has 0 radical (unpaired) electrons. The van der Waals surface area contributed by atoms with Gasteiger partial charge in [0, 0.05) is 9.13 Å². The molecule has 60 valence electrons. The van der Waals surface area contributed by atoms with E-state index in [1.807, 2.05) is 0 Å². The van der Waals surface area contributed by atoms with Crippen LogP contribution in [0.15, 0.2) is 24.3 Å². The van der Waals surface area contributed by atoms with Gasteiger partial charge in [-0.15, -0.1) is 0 Å². The average molecular weight is 266 g/mol. The summed E-state index contributed by atoms with van der Waals surface area (Å²) in [5.41, 5.74) is 0.290. The Labute approximate surface area is 78.4 Å². The standard InChI is InChI=1S/C8H8FIO/c1-8(9,11)6-2-4-7(10)5-3-6/h2-5,11H,1H3. The van der Waals surface area contributed by atoms with E-state index < -0.39 is 5.85 Å². The first-order valence-corrected chi connectivity index (χ1v) is 4.25. The van der Waals surface area contributed by atoms with E-state index >= 15 is 0 Å². The summed E-state index contributed by atoms with van der Waals surface area (Å²) in [5.74, 6) is -2.22. The van der Waals surface area contributed by atoms with Gasteiger partial charge in [-0.05, 0) is 41.6 Å². The van der Waals surface area contributed by atoms with Gasteiger partial charge in [-0.25, -0.2) is 4.39 Å². The number of aliphatic hydroxyl groups is 1. The maximum atomic E-state index is 12.8. The van der Waals surface area contributed by atoms with Crippen LogP contribution in [0.3, 0.4) is 0 Å². The molecule has 0 saturated heterocycles. The summed E-state index contributed by atoms with van der Waals surface area (Å²) >= 11 is 2.12. The Morgan fingerprint density at radius 1 is 1.36 bits per heavy atom. The third-order valence-electron chi connectivity index (χ3n) is 1.37. The summed E-state index contributed by atoms with van der Waals surface area (Å²) in [6, 6.07) is 6.65. The summed E-state index contributed by atoms with van der Waals surface area (Å²) in [7, 11) is 0. The molecule has 0 spiro atoms. The lowest BCUT2D eigenvalue weighted by Gasteiger charge is -2.12. The van der Waals surface area contributed by atoms with Gasteiger partial charge in [0.25, 0.3) is 0 Å². The molecule has 0 saturated carbocycles. The van der Waals surface area contributed by atoms with E-state index in [9.17, 15) is 4.39 Å². The number of halogens is 2. The normalized spacial score (nSPS) is 16.0. The van der Waals surface area contributed by atoms with Crippen LogP contribution in [-0.4, -0.2) is 5.11 Å². The van der Waals surface area contributed by atoms with E-state index in [4.69, 9.17) is 5.11 Å². The quantitative estimate of drug-likeness (QED) is 0.774. The van der Waals surface area contributed by atoms with E-state index in [-0.39, 0.29) is 5.56 Å². The molecule has 1 N–H and O–H groups in total. The van der Waals surface area contributed by atoms with Crippen LogP contribution >= 0.6 is 22.6 Å². The zero-order valence-electron chi connectivity index (χ0n) is 6.01. The zero-order chi connectivity index (χ0) is 8.48. The molecule has 0 bridgehead atoms. The molecule has 1 nitrogen and oxygen atoms in total. The van der Waals surface area contributed by atoms with Crippen molar-refractivity contribution in [3.05, 3.63) is 33.4 Å². The number of hydrogen-bond acceptors (Lipinski definition) is 1. The van der Waals surface area contributed by atoms with Crippen molar-refractivity contribution in [2.24, 2.45) is 0 Å². The third kappa shape index (κ3) is 2.41. The van der Waals surface area contributed by atoms with Gasteiger partial charge in [-0.1, -0.05) is 12.1 Å². The molecule has 1 atom stereocenters. The van der Waals surface area contributed by atoms with Gasteiger partial charge in [0.2, 0.25) is 5.85 Å². The minimum Gasteiger partial charge on any atom is -0.358 e. The van der Waals surface area contributed by atoms with E-state index in [0.717, 1.165) is 10.5 Å². The van der Waals surface area contributed by atoms with Crippen LogP contribution in [0.1, 0.15) is 12.5 Å². The van der Waals surface area contributed by atoms with Gasteiger partial charge in [-0.2, -0.15) is 0 Å². The first-order chi connectivity index (χ1) is 5.00. The second kappa shape index (κ2) is 3.06. The number of hydrogen-bond donors (Lipinski definition) is 1. The van der Waals surface area contributed by atoms with Crippen LogP contribution in [0.4, 0.5) is 4.39 Å². The fraction of sp³-hybridized carbons (Fsp3) is 0.250. The van der Waals surface area contributed by atoms with Crippen LogP contribution in [0.25, 0.3) is 0 Å². The van der Waals surface area contributed by atoms with Crippen molar-refractivity contribution in [3.63, 3.8) is 0 Å². The minimum atomic E-state index is -2.22. The molecule has 1 rings (SSSR count). The van der Waals surface area contributed by atoms with Crippen molar-refractivity contribution in [3.8, 4) is 0 Å². The Morgan fingerprint density at radius 2 is 1.82 bits per heavy atom. The Bertz CT molecular complexity index is 237. The Balaban J connectivity index is 2.99. The van der Waals surface area contributed by atoms with Gasteiger partial charge < -0.3 is 5.11 Å². The van der Waals surface area contributed by atoms with Crippen molar-refractivity contribution in [1.29, 1.82) is 0 Å². The molecule has 1 aromatic rings. The fourth-order valence-corrected chi connectivity index (χ4v) is 1.11. The molecular formula is C8H8FIO. The average Bonchev–Trinajstić information content (AvgIpc) is 1.86. The highest BCUT2D eigenvalue weighted by Gasteiger charge is 2.20. The number of rotatable bonds is 1. The van der Waals surface area contributed by atoms with Crippen LogP contribution < -0.4 is 0 Å². The summed E-state index contributed by atoms with van der Waals surface area (Å²) in [6.07, 6.45) is 0.